The Balaban J connectivity index is 3.70. The summed E-state index contributed by atoms with van der Waals surface area (Å²) in [6.07, 6.45) is 4.70. The number of methoxy groups -OCH3 is 1. The highest BCUT2D eigenvalue weighted by molar-refractivity contribution is 7.98. The van der Waals surface area contributed by atoms with Gasteiger partial charge in [0.2, 0.25) is 0 Å². The van der Waals surface area contributed by atoms with Crippen LogP contribution >= 0.6 is 11.8 Å². The lowest BCUT2D eigenvalue weighted by Gasteiger charge is -2.26. The first-order valence-corrected chi connectivity index (χ1v) is 6.81. The molecule has 0 heterocycles. The van der Waals surface area contributed by atoms with Gasteiger partial charge in [-0.2, -0.15) is 11.8 Å². The fourth-order valence-electron chi connectivity index (χ4n) is 1.51. The summed E-state index contributed by atoms with van der Waals surface area (Å²) in [7, 11) is 3.57. The lowest BCUT2D eigenvalue weighted by Crippen LogP contribution is -2.34. The van der Waals surface area contributed by atoms with Crippen LogP contribution in [0.3, 0.4) is 0 Å². The molecule has 0 rings (SSSR count). The fraction of sp³-hybridized carbons (Fsp3) is 0.909. The van der Waals surface area contributed by atoms with Crippen LogP contribution in [0, 0.1) is 0 Å². The molecule has 1 atom stereocenters. The molecule has 15 heavy (non-hydrogen) atoms. The molecule has 0 aliphatic carbocycles. The highest BCUT2D eigenvalue weighted by Crippen LogP contribution is 2.09. The first-order chi connectivity index (χ1) is 7.15. The number of hydrogen-bond acceptors (Lipinski definition) is 4. The van der Waals surface area contributed by atoms with Crippen LogP contribution in [0.2, 0.25) is 0 Å². The van der Waals surface area contributed by atoms with Gasteiger partial charge < -0.3 is 9.64 Å². The maximum absolute atomic E-state index is 10.9. The van der Waals surface area contributed by atoms with Crippen LogP contribution in [0.25, 0.3) is 0 Å². The Bertz CT molecular complexity index is 176. The molecular weight excluding hydrogens is 210 g/mol. The SMILES string of the molecule is CCC(CSC)N(C)CCCC(=O)OC. The van der Waals surface area contributed by atoms with Gasteiger partial charge in [-0.3, -0.25) is 4.79 Å². The predicted molar refractivity (Wildman–Crippen MR) is 66.3 cm³/mol. The Labute approximate surface area is 97.5 Å². The molecule has 0 fully saturated rings. The van der Waals surface area contributed by atoms with Crippen molar-refractivity contribution in [2.75, 3.05) is 32.7 Å². The number of thioether (sulfide) groups is 1. The third-order valence-corrected chi connectivity index (χ3v) is 3.29. The van der Waals surface area contributed by atoms with Crippen molar-refractivity contribution in [2.45, 2.75) is 32.2 Å². The highest BCUT2D eigenvalue weighted by atomic mass is 32.2. The van der Waals surface area contributed by atoms with Crippen LogP contribution in [0.1, 0.15) is 26.2 Å². The normalized spacial score (nSPS) is 12.9. The van der Waals surface area contributed by atoms with E-state index >= 15 is 0 Å². The van der Waals surface area contributed by atoms with Crippen molar-refractivity contribution in [3.63, 3.8) is 0 Å². The lowest BCUT2D eigenvalue weighted by molar-refractivity contribution is -0.140. The second kappa shape index (κ2) is 9.04. The van der Waals surface area contributed by atoms with E-state index in [0.717, 1.165) is 25.1 Å². The average molecular weight is 233 g/mol. The second-order valence-electron chi connectivity index (χ2n) is 3.68. The number of nitrogens with zero attached hydrogens (tertiary/aromatic N) is 1. The lowest BCUT2D eigenvalue weighted by atomic mass is 10.2. The summed E-state index contributed by atoms with van der Waals surface area (Å²) in [5.41, 5.74) is 0. The molecule has 0 N–H and O–H groups in total. The Morgan fingerprint density at radius 3 is 2.67 bits per heavy atom. The number of esters is 1. The minimum atomic E-state index is -0.110. The summed E-state index contributed by atoms with van der Waals surface area (Å²) in [6.45, 7) is 3.17. The molecule has 4 heteroatoms. The van der Waals surface area contributed by atoms with Crippen molar-refractivity contribution in [3.05, 3.63) is 0 Å². The van der Waals surface area contributed by atoms with Crippen LogP contribution in [-0.2, 0) is 9.53 Å². The molecule has 3 nitrogen and oxygen atoms in total. The van der Waals surface area contributed by atoms with Crippen LogP contribution in [0.4, 0.5) is 0 Å². The molecule has 0 aliphatic heterocycles. The molecule has 0 spiro atoms. The minimum absolute atomic E-state index is 0.110. The molecule has 0 saturated carbocycles. The van der Waals surface area contributed by atoms with E-state index in [2.05, 4.69) is 29.9 Å². The van der Waals surface area contributed by atoms with Gasteiger partial charge in [0.05, 0.1) is 7.11 Å². The maximum Gasteiger partial charge on any atom is 0.305 e. The predicted octanol–water partition coefficient (Wildman–Crippen LogP) is 2.01. The van der Waals surface area contributed by atoms with Crippen molar-refractivity contribution in [2.24, 2.45) is 0 Å². The van der Waals surface area contributed by atoms with Crippen molar-refractivity contribution >= 4 is 17.7 Å². The average Bonchev–Trinajstić information content (AvgIpc) is 2.25. The van der Waals surface area contributed by atoms with E-state index in [1.165, 1.54) is 7.11 Å². The van der Waals surface area contributed by atoms with Crippen molar-refractivity contribution < 1.29 is 9.53 Å². The third-order valence-electron chi connectivity index (χ3n) is 2.57. The zero-order valence-corrected chi connectivity index (χ0v) is 11.1. The van der Waals surface area contributed by atoms with Gasteiger partial charge in [-0.25, -0.2) is 0 Å². The van der Waals surface area contributed by atoms with Gasteiger partial charge >= 0.3 is 5.97 Å². The van der Waals surface area contributed by atoms with Crippen LogP contribution < -0.4 is 0 Å². The second-order valence-corrected chi connectivity index (χ2v) is 4.59. The summed E-state index contributed by atoms with van der Waals surface area (Å²) < 4.78 is 4.60. The van der Waals surface area contributed by atoms with Crippen molar-refractivity contribution in [3.8, 4) is 0 Å². The number of ether oxygens (including phenoxy) is 1. The minimum Gasteiger partial charge on any atom is -0.469 e. The standard InChI is InChI=1S/C11H23NO2S/c1-5-10(9-15-4)12(2)8-6-7-11(13)14-3/h10H,5-9H2,1-4H3. The molecule has 0 aromatic carbocycles. The molecule has 1 unspecified atom stereocenters. The number of hydrogen-bond donors (Lipinski definition) is 0. The van der Waals surface area contributed by atoms with E-state index in [9.17, 15) is 4.79 Å². The largest absolute Gasteiger partial charge is 0.469 e. The molecule has 0 radical (unpaired) electrons. The van der Waals surface area contributed by atoms with Gasteiger partial charge in [0, 0.05) is 18.2 Å². The molecule has 0 amide bonds. The smallest absolute Gasteiger partial charge is 0.305 e. The molecule has 0 aromatic heterocycles. The Hall–Kier alpha value is -0.220. The summed E-state index contributed by atoms with van der Waals surface area (Å²) in [4.78, 5) is 13.2. The quantitative estimate of drug-likeness (QED) is 0.600. The first kappa shape index (κ1) is 14.8. The van der Waals surface area contributed by atoms with Gasteiger partial charge in [-0.1, -0.05) is 6.92 Å². The molecule has 0 bridgehead atoms. The van der Waals surface area contributed by atoms with Crippen molar-refractivity contribution in [1.82, 2.24) is 4.90 Å². The maximum atomic E-state index is 10.9. The van der Waals surface area contributed by atoms with E-state index in [1.807, 2.05) is 11.8 Å². The third kappa shape index (κ3) is 6.79. The Morgan fingerprint density at radius 2 is 2.20 bits per heavy atom. The zero-order valence-electron chi connectivity index (χ0n) is 10.3. The molecule has 0 aromatic rings. The van der Waals surface area contributed by atoms with Crippen LogP contribution in [0.15, 0.2) is 0 Å². The molecule has 0 saturated heterocycles. The van der Waals surface area contributed by atoms with Gasteiger partial charge in [-0.15, -0.1) is 0 Å². The molecular formula is C11H23NO2S. The summed E-state index contributed by atoms with van der Waals surface area (Å²) in [5, 5.41) is 0. The number of carbonyl (C=O) groups excluding carboxylic acids is 1. The highest BCUT2D eigenvalue weighted by Gasteiger charge is 2.11. The molecule has 90 valence electrons. The van der Waals surface area contributed by atoms with Gasteiger partial charge in [0.1, 0.15) is 0 Å². The van der Waals surface area contributed by atoms with E-state index < -0.39 is 0 Å². The fourth-order valence-corrected chi connectivity index (χ4v) is 2.38. The first-order valence-electron chi connectivity index (χ1n) is 5.41. The number of carbonyl (C=O) groups is 1. The van der Waals surface area contributed by atoms with Crippen LogP contribution in [0.5, 0.6) is 0 Å². The van der Waals surface area contributed by atoms with Gasteiger partial charge in [-0.05, 0) is 32.7 Å². The Kier molecular flexibility index (Phi) is 8.91. The van der Waals surface area contributed by atoms with E-state index in [-0.39, 0.29) is 5.97 Å². The van der Waals surface area contributed by atoms with E-state index in [0.29, 0.717) is 12.5 Å². The zero-order chi connectivity index (χ0) is 11.7. The topological polar surface area (TPSA) is 29.5 Å². The van der Waals surface area contributed by atoms with Crippen molar-refractivity contribution in [1.29, 1.82) is 0 Å². The summed E-state index contributed by atoms with van der Waals surface area (Å²) >= 11 is 1.87. The van der Waals surface area contributed by atoms with Gasteiger partial charge in [0.25, 0.3) is 0 Å². The molecule has 0 aliphatic rings. The monoisotopic (exact) mass is 233 g/mol. The van der Waals surface area contributed by atoms with Gasteiger partial charge in [0.15, 0.2) is 0 Å². The number of rotatable bonds is 8. The Morgan fingerprint density at radius 1 is 1.53 bits per heavy atom. The summed E-state index contributed by atoms with van der Waals surface area (Å²) in [5.74, 6) is 1.05. The van der Waals surface area contributed by atoms with E-state index in [1.54, 1.807) is 0 Å². The van der Waals surface area contributed by atoms with E-state index in [4.69, 9.17) is 0 Å². The van der Waals surface area contributed by atoms with Crippen LogP contribution in [-0.4, -0.2) is 49.6 Å². The summed E-state index contributed by atoms with van der Waals surface area (Å²) in [6, 6.07) is 0.623.